The molecule has 0 bridgehead atoms. The van der Waals surface area contributed by atoms with Crippen LogP contribution in [0.15, 0.2) is 24.4 Å². The maximum Gasteiger partial charge on any atom is 0.224 e. The molecule has 1 aliphatic rings. The smallest absolute Gasteiger partial charge is 0.224 e. The van der Waals surface area contributed by atoms with Crippen molar-refractivity contribution in [3.05, 3.63) is 45.0 Å². The summed E-state index contributed by atoms with van der Waals surface area (Å²) in [4.78, 5) is 23.2. The van der Waals surface area contributed by atoms with Gasteiger partial charge >= 0.3 is 0 Å². The average Bonchev–Trinajstić information content (AvgIpc) is 2.73. The first-order valence-corrected chi connectivity index (χ1v) is 11.1. The molecule has 2 aromatic rings. The minimum absolute atomic E-state index is 0. The highest BCUT2D eigenvalue weighted by Crippen LogP contribution is 2.32. The van der Waals surface area contributed by atoms with Gasteiger partial charge in [0.1, 0.15) is 5.82 Å². The molecule has 0 atom stereocenters. The second-order valence-electron chi connectivity index (χ2n) is 7.80. The van der Waals surface area contributed by atoms with E-state index in [1.807, 2.05) is 25.1 Å². The van der Waals surface area contributed by atoms with E-state index in [2.05, 4.69) is 20.6 Å². The van der Waals surface area contributed by atoms with Crippen molar-refractivity contribution in [2.45, 2.75) is 38.1 Å². The van der Waals surface area contributed by atoms with Crippen LogP contribution in [0.5, 0.6) is 0 Å². The number of hydrogen-bond acceptors (Lipinski definition) is 5. The van der Waals surface area contributed by atoms with Crippen LogP contribution < -0.4 is 15.5 Å². The van der Waals surface area contributed by atoms with E-state index >= 15 is 0 Å². The van der Waals surface area contributed by atoms with E-state index < -0.39 is 0 Å². The molecule has 6 nitrogen and oxygen atoms in total. The molecule has 31 heavy (non-hydrogen) atoms. The number of carbonyl (C=O) groups is 1. The molecule has 0 aliphatic heterocycles. The van der Waals surface area contributed by atoms with Gasteiger partial charge in [-0.3, -0.25) is 4.79 Å². The summed E-state index contributed by atoms with van der Waals surface area (Å²) in [5.41, 5.74) is 0.566. The van der Waals surface area contributed by atoms with Gasteiger partial charge in [0.15, 0.2) is 0 Å². The summed E-state index contributed by atoms with van der Waals surface area (Å²) in [7, 11) is 3.92. The van der Waals surface area contributed by atoms with Gasteiger partial charge in [-0.1, -0.05) is 34.8 Å². The van der Waals surface area contributed by atoms with Crippen LogP contribution in [-0.2, 0) is 11.2 Å². The molecule has 0 spiro atoms. The fraction of sp³-hybridized carbons (Fsp3) is 0.476. The van der Waals surface area contributed by atoms with Gasteiger partial charge in [-0.15, -0.1) is 12.4 Å². The first-order valence-electron chi connectivity index (χ1n) is 9.99. The second kappa shape index (κ2) is 12.0. The highest BCUT2D eigenvalue weighted by atomic mass is 35.5. The van der Waals surface area contributed by atoms with Crippen molar-refractivity contribution >= 4 is 64.9 Å². The van der Waals surface area contributed by atoms with Gasteiger partial charge in [0.05, 0.1) is 16.5 Å². The quantitative estimate of drug-likeness (QED) is 0.501. The van der Waals surface area contributed by atoms with Gasteiger partial charge < -0.3 is 15.5 Å². The number of carbonyl (C=O) groups excluding carboxylic acids is 1. The first-order chi connectivity index (χ1) is 14.3. The number of benzene rings is 1. The Morgan fingerprint density at radius 1 is 1.10 bits per heavy atom. The molecule has 2 N–H and O–H groups in total. The fourth-order valence-electron chi connectivity index (χ4n) is 3.57. The van der Waals surface area contributed by atoms with Crippen molar-refractivity contribution in [3.8, 4) is 0 Å². The lowest BCUT2D eigenvalue weighted by molar-refractivity contribution is -0.120. The molecule has 1 aliphatic carbocycles. The van der Waals surface area contributed by atoms with Gasteiger partial charge in [-0.2, -0.15) is 4.98 Å². The number of anilines is 2. The number of halogens is 4. The molecule has 0 radical (unpaired) electrons. The van der Waals surface area contributed by atoms with Crippen LogP contribution in [0.3, 0.4) is 0 Å². The Bertz CT molecular complexity index is 888. The number of amides is 1. The number of hydrogen-bond donors (Lipinski definition) is 2. The third kappa shape index (κ3) is 7.28. The van der Waals surface area contributed by atoms with Crippen molar-refractivity contribution in [3.63, 3.8) is 0 Å². The lowest BCUT2D eigenvalue weighted by Crippen LogP contribution is -2.35. The number of aromatic nitrogens is 2. The van der Waals surface area contributed by atoms with E-state index in [4.69, 9.17) is 34.8 Å². The standard InChI is InChI=1S/C21H26Cl3N5O.ClH/c1-29(2)18-9-10-25-21(28-18)27-14-5-3-13(4-6-14)12-26-19(30)11-15-16(22)7-8-17(23)20(15)24;/h7-10,13-14H,3-6,11-12H2,1-2H3,(H,26,30)(H,25,27,28);1H/t13-,14+;. The summed E-state index contributed by atoms with van der Waals surface area (Å²) in [6, 6.07) is 5.51. The molecule has 1 fully saturated rings. The van der Waals surface area contributed by atoms with Gasteiger partial charge in [0.25, 0.3) is 0 Å². The van der Waals surface area contributed by atoms with Crippen molar-refractivity contribution < 1.29 is 4.79 Å². The Balaban J connectivity index is 0.00000341. The maximum absolute atomic E-state index is 12.4. The molecule has 0 unspecified atom stereocenters. The topological polar surface area (TPSA) is 70.2 Å². The molecular formula is C21H27Cl4N5O. The summed E-state index contributed by atoms with van der Waals surface area (Å²) in [6.07, 6.45) is 5.98. The number of nitrogens with zero attached hydrogens (tertiary/aromatic N) is 3. The largest absolute Gasteiger partial charge is 0.363 e. The molecule has 3 rings (SSSR count). The number of nitrogens with one attached hydrogen (secondary N) is 2. The summed E-state index contributed by atoms with van der Waals surface area (Å²) in [5.74, 6) is 1.89. The molecular weight excluding hydrogens is 480 g/mol. The Morgan fingerprint density at radius 3 is 2.45 bits per heavy atom. The minimum Gasteiger partial charge on any atom is -0.363 e. The van der Waals surface area contributed by atoms with Crippen molar-refractivity contribution in [1.82, 2.24) is 15.3 Å². The summed E-state index contributed by atoms with van der Waals surface area (Å²) in [5, 5.41) is 7.63. The highest BCUT2D eigenvalue weighted by Gasteiger charge is 2.22. The molecule has 1 aromatic carbocycles. The normalized spacial score (nSPS) is 18.1. The van der Waals surface area contributed by atoms with Gasteiger partial charge in [-0.05, 0) is 49.8 Å². The predicted octanol–water partition coefficient (Wildman–Crippen LogP) is 5.25. The Morgan fingerprint density at radius 2 is 1.77 bits per heavy atom. The zero-order valence-corrected chi connectivity index (χ0v) is 20.6. The van der Waals surface area contributed by atoms with E-state index in [0.717, 1.165) is 31.5 Å². The van der Waals surface area contributed by atoms with E-state index in [-0.39, 0.29) is 24.7 Å². The Labute approximate surface area is 204 Å². The first kappa shape index (κ1) is 25.8. The molecule has 1 heterocycles. The van der Waals surface area contributed by atoms with Crippen LogP contribution in [0.25, 0.3) is 0 Å². The minimum atomic E-state index is -0.102. The van der Waals surface area contributed by atoms with E-state index in [1.54, 1.807) is 18.3 Å². The predicted molar refractivity (Wildman–Crippen MR) is 131 cm³/mol. The van der Waals surface area contributed by atoms with Gasteiger partial charge in [0.2, 0.25) is 11.9 Å². The average molecular weight is 507 g/mol. The third-order valence-corrected chi connectivity index (χ3v) is 6.54. The SMILES string of the molecule is CN(C)c1ccnc(N[C@H]2CC[C@@H](CNC(=O)Cc3c(Cl)ccc(Cl)c3Cl)CC2)n1.Cl. The van der Waals surface area contributed by atoms with Gasteiger partial charge in [-0.25, -0.2) is 4.98 Å². The van der Waals surface area contributed by atoms with E-state index in [1.165, 1.54) is 0 Å². The van der Waals surface area contributed by atoms with Crippen molar-refractivity contribution in [2.75, 3.05) is 30.9 Å². The van der Waals surface area contributed by atoms with Crippen LogP contribution in [0.2, 0.25) is 15.1 Å². The third-order valence-electron chi connectivity index (χ3n) is 5.34. The second-order valence-corrected chi connectivity index (χ2v) is 8.99. The van der Waals surface area contributed by atoms with Crippen LogP contribution in [-0.4, -0.2) is 42.6 Å². The zero-order chi connectivity index (χ0) is 21.7. The van der Waals surface area contributed by atoms with Gasteiger partial charge in [0, 0.05) is 43.5 Å². The zero-order valence-electron chi connectivity index (χ0n) is 17.5. The van der Waals surface area contributed by atoms with E-state index in [0.29, 0.717) is 45.1 Å². The van der Waals surface area contributed by atoms with Crippen molar-refractivity contribution in [2.24, 2.45) is 5.92 Å². The number of rotatable bonds is 7. The monoisotopic (exact) mass is 505 g/mol. The molecule has 1 amide bonds. The van der Waals surface area contributed by atoms with Crippen LogP contribution >= 0.6 is 47.2 Å². The summed E-state index contributed by atoms with van der Waals surface area (Å²) >= 11 is 18.4. The molecule has 1 saturated carbocycles. The lowest BCUT2D eigenvalue weighted by atomic mass is 9.86. The highest BCUT2D eigenvalue weighted by molar-refractivity contribution is 6.44. The Kier molecular flexibility index (Phi) is 9.94. The van der Waals surface area contributed by atoms with Crippen LogP contribution in [0.4, 0.5) is 11.8 Å². The molecule has 0 saturated heterocycles. The van der Waals surface area contributed by atoms with E-state index in [9.17, 15) is 4.79 Å². The molecule has 170 valence electrons. The molecule has 1 aromatic heterocycles. The lowest BCUT2D eigenvalue weighted by Gasteiger charge is -2.29. The summed E-state index contributed by atoms with van der Waals surface area (Å²) < 4.78 is 0. The van der Waals surface area contributed by atoms with Crippen molar-refractivity contribution in [1.29, 1.82) is 0 Å². The maximum atomic E-state index is 12.4. The fourth-order valence-corrected chi connectivity index (χ4v) is 4.25. The molecule has 10 heteroatoms. The summed E-state index contributed by atoms with van der Waals surface area (Å²) in [6.45, 7) is 0.647. The Hall–Kier alpha value is -1.47. The van der Waals surface area contributed by atoms with Crippen LogP contribution in [0.1, 0.15) is 31.2 Å². The van der Waals surface area contributed by atoms with Crippen LogP contribution in [0, 0.1) is 5.92 Å².